The van der Waals surface area contributed by atoms with Crippen LogP contribution in [0, 0.1) is 17.2 Å². The number of hydrogen-bond acceptors (Lipinski definition) is 3. The summed E-state index contributed by atoms with van der Waals surface area (Å²) in [6.07, 6.45) is 1.03. The number of pyridine rings is 1. The minimum Gasteiger partial charge on any atom is -0.476 e. The number of halogens is 3. The summed E-state index contributed by atoms with van der Waals surface area (Å²) in [6.45, 7) is 0.175. The molecular weight excluding hydrogens is 250 g/mol. The molecule has 17 heavy (non-hydrogen) atoms. The molecular formula is C11H9ClF2N2O. The number of alkyl halides is 2. The minimum atomic E-state index is -2.55. The largest absolute Gasteiger partial charge is 0.476 e. The Bertz CT molecular complexity index is 465. The zero-order valence-corrected chi connectivity index (χ0v) is 9.55. The minimum absolute atomic E-state index is 0.152. The van der Waals surface area contributed by atoms with Crippen LogP contribution in [0.25, 0.3) is 0 Å². The lowest BCUT2D eigenvalue weighted by atomic mass is 9.82. The average Bonchev–Trinajstić information content (AvgIpc) is 2.24. The van der Waals surface area contributed by atoms with Crippen LogP contribution in [0.2, 0.25) is 5.02 Å². The first kappa shape index (κ1) is 12.1. The molecule has 3 nitrogen and oxygen atoms in total. The first-order valence-corrected chi connectivity index (χ1v) is 5.44. The van der Waals surface area contributed by atoms with Crippen molar-refractivity contribution >= 4 is 11.6 Å². The standard InChI is InChI=1S/C11H9ClF2N2O/c12-9-1-7(4-15)5-16-10(9)17-6-8-2-11(13,14)3-8/h1,5,8H,2-3,6H2. The van der Waals surface area contributed by atoms with Gasteiger partial charge in [0.15, 0.2) is 0 Å². The molecule has 0 spiro atoms. The molecule has 0 unspecified atom stereocenters. The number of nitriles is 1. The van der Waals surface area contributed by atoms with E-state index < -0.39 is 5.92 Å². The molecule has 0 atom stereocenters. The van der Waals surface area contributed by atoms with Crippen LogP contribution in [0.5, 0.6) is 5.88 Å². The van der Waals surface area contributed by atoms with E-state index in [0.717, 1.165) is 0 Å². The Labute approximate surface area is 102 Å². The zero-order chi connectivity index (χ0) is 12.5. The van der Waals surface area contributed by atoms with Gasteiger partial charge in [-0.15, -0.1) is 0 Å². The Hall–Kier alpha value is -1.41. The van der Waals surface area contributed by atoms with Gasteiger partial charge in [-0.25, -0.2) is 13.8 Å². The summed E-state index contributed by atoms with van der Waals surface area (Å²) < 4.78 is 30.4. The Morgan fingerprint density at radius 3 is 2.82 bits per heavy atom. The second-order valence-corrected chi connectivity index (χ2v) is 4.47. The van der Waals surface area contributed by atoms with E-state index in [4.69, 9.17) is 21.6 Å². The Kier molecular flexibility index (Phi) is 3.16. The molecule has 0 amide bonds. The zero-order valence-electron chi connectivity index (χ0n) is 8.79. The lowest BCUT2D eigenvalue weighted by Gasteiger charge is -2.34. The van der Waals surface area contributed by atoms with E-state index in [0.29, 0.717) is 5.56 Å². The van der Waals surface area contributed by atoms with Gasteiger partial charge in [0.1, 0.15) is 11.1 Å². The first-order valence-electron chi connectivity index (χ1n) is 5.06. The third-order valence-electron chi connectivity index (χ3n) is 2.57. The van der Waals surface area contributed by atoms with Gasteiger partial charge in [-0.2, -0.15) is 5.26 Å². The second-order valence-electron chi connectivity index (χ2n) is 4.06. The van der Waals surface area contributed by atoms with E-state index in [-0.39, 0.29) is 36.3 Å². The smallest absolute Gasteiger partial charge is 0.248 e. The van der Waals surface area contributed by atoms with E-state index in [1.807, 2.05) is 6.07 Å². The highest BCUT2D eigenvalue weighted by Gasteiger charge is 2.45. The predicted octanol–water partition coefficient (Wildman–Crippen LogP) is 3.03. The van der Waals surface area contributed by atoms with Gasteiger partial charge in [0, 0.05) is 25.0 Å². The van der Waals surface area contributed by atoms with E-state index in [1.54, 1.807) is 0 Å². The van der Waals surface area contributed by atoms with Crippen molar-refractivity contribution in [2.45, 2.75) is 18.8 Å². The van der Waals surface area contributed by atoms with Crippen LogP contribution in [0.3, 0.4) is 0 Å². The molecule has 0 saturated heterocycles. The van der Waals surface area contributed by atoms with Crippen molar-refractivity contribution in [3.8, 4) is 11.9 Å². The second kappa shape index (κ2) is 4.46. The maximum atomic E-state index is 12.6. The van der Waals surface area contributed by atoms with E-state index in [9.17, 15) is 8.78 Å². The molecule has 0 aromatic carbocycles. The van der Waals surface area contributed by atoms with Crippen molar-refractivity contribution in [1.82, 2.24) is 4.98 Å². The highest BCUT2D eigenvalue weighted by atomic mass is 35.5. The first-order chi connectivity index (χ1) is 8.00. The molecule has 0 N–H and O–H groups in total. The summed E-state index contributed by atoms with van der Waals surface area (Å²) in [5, 5.41) is 8.82. The van der Waals surface area contributed by atoms with Crippen molar-refractivity contribution in [1.29, 1.82) is 5.26 Å². The summed E-state index contributed by atoms with van der Waals surface area (Å²) in [6, 6.07) is 3.32. The third-order valence-corrected chi connectivity index (χ3v) is 2.84. The quantitative estimate of drug-likeness (QED) is 0.837. The number of aromatic nitrogens is 1. The van der Waals surface area contributed by atoms with Crippen LogP contribution < -0.4 is 4.74 Å². The van der Waals surface area contributed by atoms with Crippen LogP contribution in [0.15, 0.2) is 12.3 Å². The number of ether oxygens (including phenoxy) is 1. The molecule has 1 aromatic rings. The summed E-state index contributed by atoms with van der Waals surface area (Å²) in [7, 11) is 0. The maximum Gasteiger partial charge on any atom is 0.248 e. The van der Waals surface area contributed by atoms with Crippen LogP contribution in [-0.4, -0.2) is 17.5 Å². The van der Waals surface area contributed by atoms with E-state index in [1.165, 1.54) is 12.3 Å². The van der Waals surface area contributed by atoms with E-state index in [2.05, 4.69) is 4.98 Å². The van der Waals surface area contributed by atoms with E-state index >= 15 is 0 Å². The SMILES string of the molecule is N#Cc1cnc(OCC2CC(F)(F)C2)c(Cl)c1. The van der Waals surface area contributed by atoms with Crippen LogP contribution in [-0.2, 0) is 0 Å². The molecule has 1 aliphatic rings. The average molecular weight is 259 g/mol. The Morgan fingerprint density at radius 1 is 1.59 bits per heavy atom. The van der Waals surface area contributed by atoms with Crippen LogP contribution >= 0.6 is 11.6 Å². The van der Waals surface area contributed by atoms with Crippen molar-refractivity contribution in [3.63, 3.8) is 0 Å². The molecule has 0 bridgehead atoms. The molecule has 0 aliphatic heterocycles. The number of rotatable bonds is 3. The summed E-state index contributed by atoms with van der Waals surface area (Å²) in [4.78, 5) is 3.85. The third kappa shape index (κ3) is 2.83. The highest BCUT2D eigenvalue weighted by Crippen LogP contribution is 2.42. The monoisotopic (exact) mass is 258 g/mol. The molecule has 6 heteroatoms. The topological polar surface area (TPSA) is 45.9 Å². The predicted molar refractivity (Wildman–Crippen MR) is 57.1 cm³/mol. The van der Waals surface area contributed by atoms with Gasteiger partial charge in [-0.3, -0.25) is 0 Å². The molecule has 1 aliphatic carbocycles. The Balaban J connectivity index is 1.90. The summed E-state index contributed by atoms with van der Waals surface area (Å²) >= 11 is 5.82. The maximum absolute atomic E-state index is 12.6. The van der Waals surface area contributed by atoms with Crippen LogP contribution in [0.1, 0.15) is 18.4 Å². The number of hydrogen-bond donors (Lipinski definition) is 0. The van der Waals surface area contributed by atoms with Crippen molar-refractivity contribution in [2.24, 2.45) is 5.92 Å². The van der Waals surface area contributed by atoms with Crippen molar-refractivity contribution in [2.75, 3.05) is 6.61 Å². The van der Waals surface area contributed by atoms with Gasteiger partial charge < -0.3 is 4.74 Å². The van der Waals surface area contributed by atoms with Gasteiger partial charge in [0.25, 0.3) is 0 Å². The molecule has 1 heterocycles. The van der Waals surface area contributed by atoms with Gasteiger partial charge in [-0.1, -0.05) is 11.6 Å². The van der Waals surface area contributed by atoms with Gasteiger partial charge >= 0.3 is 0 Å². The van der Waals surface area contributed by atoms with Crippen molar-refractivity contribution < 1.29 is 13.5 Å². The van der Waals surface area contributed by atoms with Crippen molar-refractivity contribution in [3.05, 3.63) is 22.8 Å². The van der Waals surface area contributed by atoms with Gasteiger partial charge in [0.05, 0.1) is 12.2 Å². The molecule has 0 radical (unpaired) electrons. The summed E-state index contributed by atoms with van der Waals surface area (Å²) in [5.41, 5.74) is 0.331. The highest BCUT2D eigenvalue weighted by molar-refractivity contribution is 6.31. The van der Waals surface area contributed by atoms with Gasteiger partial charge in [-0.05, 0) is 6.07 Å². The molecule has 90 valence electrons. The summed E-state index contributed by atoms with van der Waals surface area (Å²) in [5.74, 6) is -2.52. The molecule has 1 saturated carbocycles. The molecule has 1 aromatic heterocycles. The molecule has 2 rings (SSSR count). The van der Waals surface area contributed by atoms with Crippen LogP contribution in [0.4, 0.5) is 8.78 Å². The lowest BCUT2D eigenvalue weighted by Crippen LogP contribution is -2.38. The van der Waals surface area contributed by atoms with Gasteiger partial charge in [0.2, 0.25) is 11.8 Å². The number of nitrogens with zero attached hydrogens (tertiary/aromatic N) is 2. The lowest BCUT2D eigenvalue weighted by molar-refractivity contribution is -0.119. The fourth-order valence-electron chi connectivity index (χ4n) is 1.69. The normalized spacial score (nSPS) is 18.2. The molecule has 1 fully saturated rings. The Morgan fingerprint density at radius 2 is 2.29 bits per heavy atom. The fraction of sp³-hybridized carbons (Fsp3) is 0.455. The fourth-order valence-corrected chi connectivity index (χ4v) is 1.91.